The van der Waals surface area contributed by atoms with Crippen LogP contribution in [0.4, 0.5) is 8.78 Å². The number of benzene rings is 2. The van der Waals surface area contributed by atoms with Crippen molar-refractivity contribution in [1.29, 1.82) is 0 Å². The molecule has 4 rings (SSSR count). The van der Waals surface area contributed by atoms with E-state index < -0.39 is 11.6 Å². The Bertz CT molecular complexity index is 1230. The predicted molar refractivity (Wildman–Crippen MR) is 104 cm³/mol. The van der Waals surface area contributed by atoms with Crippen molar-refractivity contribution in [3.05, 3.63) is 47.7 Å². The van der Waals surface area contributed by atoms with Crippen LogP contribution in [0.15, 0.2) is 34.9 Å². The molecule has 0 spiro atoms. The van der Waals surface area contributed by atoms with Crippen LogP contribution in [0, 0.1) is 18.6 Å². The third-order valence-corrected chi connectivity index (χ3v) is 4.58. The summed E-state index contributed by atoms with van der Waals surface area (Å²) in [6.07, 6.45) is 0. The maximum absolute atomic E-state index is 14.1. The summed E-state index contributed by atoms with van der Waals surface area (Å²) in [5.74, 6) is 0.316. The molecule has 11 heteroatoms. The molecule has 160 valence electrons. The van der Waals surface area contributed by atoms with E-state index in [9.17, 15) is 8.78 Å². The van der Waals surface area contributed by atoms with Gasteiger partial charge in [0.2, 0.25) is 11.6 Å². The SMILES string of the molecule is COc1cc(-c2noc(-c3nnn(-c4cc(F)ccc4F)c3C)n2)cc(OC)c1OC. The minimum atomic E-state index is -0.649. The Morgan fingerprint density at radius 3 is 2.32 bits per heavy atom. The molecule has 0 aliphatic carbocycles. The molecule has 0 atom stereocenters. The number of rotatable bonds is 6. The number of hydrogen-bond donors (Lipinski definition) is 0. The van der Waals surface area contributed by atoms with E-state index in [0.29, 0.717) is 28.5 Å². The van der Waals surface area contributed by atoms with Crippen LogP contribution in [-0.2, 0) is 0 Å². The maximum atomic E-state index is 14.1. The number of nitrogens with zero attached hydrogens (tertiary/aromatic N) is 5. The Hall–Kier alpha value is -4.02. The Kier molecular flexibility index (Phi) is 5.24. The molecule has 4 aromatic rings. The molecule has 9 nitrogen and oxygen atoms in total. The van der Waals surface area contributed by atoms with Crippen molar-refractivity contribution in [2.45, 2.75) is 6.92 Å². The third-order valence-electron chi connectivity index (χ3n) is 4.58. The van der Waals surface area contributed by atoms with E-state index in [-0.39, 0.29) is 23.1 Å². The molecule has 0 fully saturated rings. The van der Waals surface area contributed by atoms with Gasteiger partial charge in [0.25, 0.3) is 5.89 Å². The lowest BCUT2D eigenvalue weighted by Gasteiger charge is -2.12. The zero-order valence-corrected chi connectivity index (χ0v) is 17.0. The van der Waals surface area contributed by atoms with Gasteiger partial charge in [0.15, 0.2) is 17.2 Å². The largest absolute Gasteiger partial charge is 0.493 e. The van der Waals surface area contributed by atoms with E-state index in [1.807, 2.05) is 0 Å². The number of aromatic nitrogens is 5. The fraction of sp³-hybridized carbons (Fsp3) is 0.200. The summed E-state index contributed by atoms with van der Waals surface area (Å²) in [7, 11) is 4.49. The van der Waals surface area contributed by atoms with E-state index in [1.54, 1.807) is 19.1 Å². The Morgan fingerprint density at radius 1 is 0.968 bits per heavy atom. The minimum absolute atomic E-state index is 0.0595. The minimum Gasteiger partial charge on any atom is -0.493 e. The van der Waals surface area contributed by atoms with Crippen LogP contribution in [0.3, 0.4) is 0 Å². The van der Waals surface area contributed by atoms with Gasteiger partial charge in [-0.15, -0.1) is 5.10 Å². The standard InChI is InChI=1S/C20H17F2N5O4/c1-10-17(24-26-27(10)14-9-12(21)5-6-13(14)22)20-23-19(25-31-20)11-7-15(28-2)18(30-4)16(8-11)29-3/h5-9H,1-4H3. The summed E-state index contributed by atoms with van der Waals surface area (Å²) in [5, 5.41) is 11.9. The van der Waals surface area contributed by atoms with Crippen LogP contribution < -0.4 is 14.2 Å². The van der Waals surface area contributed by atoms with Gasteiger partial charge in [0, 0.05) is 11.6 Å². The van der Waals surface area contributed by atoms with Gasteiger partial charge in [-0.1, -0.05) is 10.4 Å². The molecule has 2 heterocycles. The topological polar surface area (TPSA) is 97.3 Å². The number of methoxy groups -OCH3 is 3. The van der Waals surface area contributed by atoms with Crippen LogP contribution in [0.2, 0.25) is 0 Å². The number of hydrogen-bond acceptors (Lipinski definition) is 8. The highest BCUT2D eigenvalue weighted by Crippen LogP contribution is 2.40. The molecule has 0 radical (unpaired) electrons. The predicted octanol–water partition coefficient (Wildman–Crippen LogP) is 3.60. The van der Waals surface area contributed by atoms with E-state index in [1.165, 1.54) is 21.3 Å². The smallest absolute Gasteiger partial charge is 0.280 e. The lowest BCUT2D eigenvalue weighted by Crippen LogP contribution is -2.03. The molecular weight excluding hydrogens is 412 g/mol. The van der Waals surface area contributed by atoms with E-state index in [4.69, 9.17) is 18.7 Å². The molecule has 0 aliphatic heterocycles. The van der Waals surface area contributed by atoms with Crippen LogP contribution >= 0.6 is 0 Å². The fourth-order valence-electron chi connectivity index (χ4n) is 3.05. The first kappa shape index (κ1) is 20.3. The van der Waals surface area contributed by atoms with Crippen molar-refractivity contribution in [3.63, 3.8) is 0 Å². The molecular formula is C20H17F2N5O4. The zero-order valence-electron chi connectivity index (χ0n) is 17.0. The summed E-state index contributed by atoms with van der Waals surface area (Å²) in [6.45, 7) is 1.63. The Morgan fingerprint density at radius 2 is 1.68 bits per heavy atom. The van der Waals surface area contributed by atoms with Crippen molar-refractivity contribution in [2.24, 2.45) is 0 Å². The van der Waals surface area contributed by atoms with Crippen molar-refractivity contribution in [1.82, 2.24) is 25.1 Å². The van der Waals surface area contributed by atoms with Gasteiger partial charge in [-0.3, -0.25) is 0 Å². The summed E-state index contributed by atoms with van der Waals surface area (Å²) in [6, 6.07) is 6.40. The lowest BCUT2D eigenvalue weighted by atomic mass is 10.1. The van der Waals surface area contributed by atoms with Crippen LogP contribution in [0.1, 0.15) is 5.69 Å². The second-order valence-corrected chi connectivity index (χ2v) is 6.37. The second kappa shape index (κ2) is 8.01. The maximum Gasteiger partial charge on any atom is 0.280 e. The fourth-order valence-corrected chi connectivity index (χ4v) is 3.05. The molecule has 0 saturated heterocycles. The van der Waals surface area contributed by atoms with Gasteiger partial charge in [-0.05, 0) is 31.2 Å². The summed E-state index contributed by atoms with van der Waals surface area (Å²) in [5.41, 5.74) is 1.09. The average molecular weight is 429 g/mol. The Balaban J connectivity index is 1.74. The highest BCUT2D eigenvalue weighted by Gasteiger charge is 2.22. The van der Waals surface area contributed by atoms with Crippen molar-refractivity contribution >= 4 is 0 Å². The van der Waals surface area contributed by atoms with Crippen molar-refractivity contribution in [2.75, 3.05) is 21.3 Å². The van der Waals surface area contributed by atoms with Crippen LogP contribution in [0.25, 0.3) is 28.7 Å². The first-order chi connectivity index (χ1) is 15.0. The summed E-state index contributed by atoms with van der Waals surface area (Å²) < 4.78 is 50.2. The molecule has 0 bridgehead atoms. The van der Waals surface area contributed by atoms with Crippen molar-refractivity contribution in [3.8, 4) is 45.9 Å². The molecule has 0 saturated carbocycles. The quantitative estimate of drug-likeness (QED) is 0.459. The van der Waals surface area contributed by atoms with E-state index >= 15 is 0 Å². The highest BCUT2D eigenvalue weighted by molar-refractivity contribution is 5.67. The van der Waals surface area contributed by atoms with Gasteiger partial charge < -0.3 is 18.7 Å². The highest BCUT2D eigenvalue weighted by atomic mass is 19.1. The molecule has 0 amide bonds. The van der Waals surface area contributed by atoms with Crippen LogP contribution in [-0.4, -0.2) is 46.5 Å². The second-order valence-electron chi connectivity index (χ2n) is 6.37. The summed E-state index contributed by atoms with van der Waals surface area (Å²) >= 11 is 0. The first-order valence-corrected chi connectivity index (χ1v) is 8.99. The molecule has 2 aromatic carbocycles. The van der Waals surface area contributed by atoms with Gasteiger partial charge in [-0.25, -0.2) is 13.5 Å². The number of halogens is 2. The molecule has 31 heavy (non-hydrogen) atoms. The third kappa shape index (κ3) is 3.54. The van der Waals surface area contributed by atoms with Gasteiger partial charge in [0.1, 0.15) is 17.3 Å². The Labute approximate surface area is 175 Å². The normalized spacial score (nSPS) is 10.9. The lowest BCUT2D eigenvalue weighted by molar-refractivity contribution is 0.324. The zero-order chi connectivity index (χ0) is 22.1. The first-order valence-electron chi connectivity index (χ1n) is 8.99. The molecule has 0 unspecified atom stereocenters. The average Bonchev–Trinajstić information content (AvgIpc) is 3.41. The molecule has 0 aliphatic rings. The van der Waals surface area contributed by atoms with Gasteiger partial charge in [0.05, 0.1) is 27.0 Å². The monoisotopic (exact) mass is 429 g/mol. The molecule has 2 aromatic heterocycles. The van der Waals surface area contributed by atoms with E-state index in [0.717, 1.165) is 22.9 Å². The van der Waals surface area contributed by atoms with Gasteiger partial charge >= 0.3 is 0 Å². The molecule has 0 N–H and O–H groups in total. The number of ether oxygens (including phenoxy) is 3. The van der Waals surface area contributed by atoms with Crippen molar-refractivity contribution < 1.29 is 27.5 Å². The van der Waals surface area contributed by atoms with Gasteiger partial charge in [-0.2, -0.15) is 4.98 Å². The summed E-state index contributed by atoms with van der Waals surface area (Å²) in [4.78, 5) is 4.35. The van der Waals surface area contributed by atoms with E-state index in [2.05, 4.69) is 20.5 Å². The van der Waals surface area contributed by atoms with Crippen LogP contribution in [0.5, 0.6) is 17.2 Å².